The van der Waals surface area contributed by atoms with Gasteiger partial charge >= 0.3 is 58.2 Å². The fraction of sp³-hybridized carbons (Fsp3) is 0.714. The van der Waals surface area contributed by atoms with Gasteiger partial charge in [0, 0.05) is 0 Å². The zero-order valence-corrected chi connectivity index (χ0v) is 19.6. The maximum atomic E-state index is 3.12. The molecule has 0 atom stereocenters. The Kier molecular flexibility index (Phi) is 8.90. The SMILES string of the molecule is CC1CCC(C2CCC(CCc3cc[c-]cc3)CC2)CC1.[Rb+]. The molecule has 22 heavy (non-hydrogen) atoms. The van der Waals surface area contributed by atoms with E-state index in [9.17, 15) is 0 Å². The van der Waals surface area contributed by atoms with Gasteiger partial charge in [-0.25, -0.2) is 0 Å². The van der Waals surface area contributed by atoms with Crippen LogP contribution in [-0.2, 0) is 6.42 Å². The van der Waals surface area contributed by atoms with Gasteiger partial charge < -0.3 is 0 Å². The van der Waals surface area contributed by atoms with Crippen LogP contribution in [0.1, 0.15) is 70.3 Å². The molecule has 0 aliphatic heterocycles. The summed E-state index contributed by atoms with van der Waals surface area (Å²) in [4.78, 5) is 0. The molecule has 1 aromatic rings. The third-order valence-electron chi connectivity index (χ3n) is 6.25. The van der Waals surface area contributed by atoms with Crippen molar-refractivity contribution in [3.05, 3.63) is 35.9 Å². The second-order valence-corrected chi connectivity index (χ2v) is 7.75. The van der Waals surface area contributed by atoms with E-state index in [1.165, 1.54) is 69.8 Å². The molecule has 2 saturated carbocycles. The maximum Gasteiger partial charge on any atom is 1.00 e. The molecule has 0 aromatic heterocycles. The third kappa shape index (κ3) is 5.83. The smallest absolute Gasteiger partial charge is 0.184 e. The first-order valence-electron chi connectivity index (χ1n) is 9.26. The molecule has 0 unspecified atom stereocenters. The van der Waals surface area contributed by atoms with Crippen LogP contribution in [0.2, 0.25) is 0 Å². The van der Waals surface area contributed by atoms with Crippen LogP contribution in [0.4, 0.5) is 0 Å². The fourth-order valence-corrected chi connectivity index (χ4v) is 4.66. The van der Waals surface area contributed by atoms with Crippen molar-refractivity contribution in [1.29, 1.82) is 0 Å². The van der Waals surface area contributed by atoms with Crippen molar-refractivity contribution in [2.45, 2.75) is 71.1 Å². The van der Waals surface area contributed by atoms with Gasteiger partial charge in [0.2, 0.25) is 0 Å². The van der Waals surface area contributed by atoms with Crippen molar-refractivity contribution < 1.29 is 58.2 Å². The van der Waals surface area contributed by atoms with Gasteiger partial charge in [0.15, 0.2) is 0 Å². The van der Waals surface area contributed by atoms with E-state index in [4.69, 9.17) is 0 Å². The molecule has 2 fully saturated rings. The topological polar surface area (TPSA) is 0 Å². The van der Waals surface area contributed by atoms with E-state index >= 15 is 0 Å². The molecule has 0 bridgehead atoms. The Hall–Kier alpha value is 1.03. The molecule has 0 N–H and O–H groups in total. The van der Waals surface area contributed by atoms with Crippen LogP contribution in [0, 0.1) is 29.7 Å². The number of hydrogen-bond acceptors (Lipinski definition) is 0. The number of benzene rings is 1. The van der Waals surface area contributed by atoms with Crippen LogP contribution in [0.25, 0.3) is 0 Å². The van der Waals surface area contributed by atoms with Crippen LogP contribution in [0.5, 0.6) is 0 Å². The summed E-state index contributed by atoms with van der Waals surface area (Å²) in [6.07, 6.45) is 14.7. The minimum Gasteiger partial charge on any atom is -0.184 e. The molecule has 0 nitrogen and oxygen atoms in total. The molecule has 116 valence electrons. The normalized spacial score (nSPS) is 32.2. The Balaban J connectivity index is 0.00000176. The number of aryl methyl sites for hydroxylation is 1. The molecule has 0 spiro atoms. The number of rotatable bonds is 4. The van der Waals surface area contributed by atoms with E-state index in [0.29, 0.717) is 0 Å². The van der Waals surface area contributed by atoms with E-state index in [2.05, 4.69) is 37.3 Å². The van der Waals surface area contributed by atoms with Crippen molar-refractivity contribution in [2.24, 2.45) is 23.7 Å². The monoisotopic (exact) mass is 368 g/mol. The largest absolute Gasteiger partial charge is 1.00 e. The summed E-state index contributed by atoms with van der Waals surface area (Å²) < 4.78 is 0. The molecule has 1 heteroatoms. The van der Waals surface area contributed by atoms with E-state index in [1.54, 1.807) is 0 Å². The van der Waals surface area contributed by atoms with Crippen LogP contribution in [-0.4, -0.2) is 0 Å². The molecular formula is C21H31Rb. The summed E-state index contributed by atoms with van der Waals surface area (Å²) in [6, 6.07) is 11.7. The Bertz CT molecular complexity index is 397. The molecule has 2 aliphatic rings. The fourth-order valence-electron chi connectivity index (χ4n) is 4.66. The molecule has 3 rings (SSSR count). The first-order valence-corrected chi connectivity index (χ1v) is 9.26. The van der Waals surface area contributed by atoms with Gasteiger partial charge in [-0.15, -0.1) is 0 Å². The summed E-state index contributed by atoms with van der Waals surface area (Å²) in [7, 11) is 0. The average Bonchev–Trinajstić information content (AvgIpc) is 2.55. The summed E-state index contributed by atoms with van der Waals surface area (Å²) >= 11 is 0. The molecule has 0 radical (unpaired) electrons. The van der Waals surface area contributed by atoms with Gasteiger partial charge in [0.1, 0.15) is 0 Å². The van der Waals surface area contributed by atoms with Crippen molar-refractivity contribution >= 4 is 0 Å². The Morgan fingerprint density at radius 3 is 2.00 bits per heavy atom. The summed E-state index contributed by atoms with van der Waals surface area (Å²) in [5, 5.41) is 0. The number of hydrogen-bond donors (Lipinski definition) is 0. The van der Waals surface area contributed by atoms with Crippen molar-refractivity contribution in [1.82, 2.24) is 0 Å². The molecule has 1 aromatic carbocycles. The molecular weight excluding hydrogens is 338 g/mol. The second kappa shape index (κ2) is 10.1. The van der Waals surface area contributed by atoms with Gasteiger partial charge in [-0.05, 0) is 55.8 Å². The van der Waals surface area contributed by atoms with Gasteiger partial charge in [-0.1, -0.05) is 39.0 Å². The predicted octanol–water partition coefficient (Wildman–Crippen LogP) is 3.06. The zero-order valence-electron chi connectivity index (χ0n) is 14.7. The maximum absolute atomic E-state index is 3.12. The first-order chi connectivity index (χ1) is 10.3. The Morgan fingerprint density at radius 1 is 0.864 bits per heavy atom. The van der Waals surface area contributed by atoms with Crippen molar-refractivity contribution in [3.8, 4) is 0 Å². The van der Waals surface area contributed by atoms with Gasteiger partial charge in [0.25, 0.3) is 0 Å². The minimum absolute atomic E-state index is 0. The van der Waals surface area contributed by atoms with Gasteiger partial charge in [-0.2, -0.15) is 35.9 Å². The average molecular weight is 369 g/mol. The van der Waals surface area contributed by atoms with Crippen LogP contribution in [0.3, 0.4) is 0 Å². The van der Waals surface area contributed by atoms with E-state index in [-0.39, 0.29) is 58.2 Å². The van der Waals surface area contributed by atoms with Crippen LogP contribution < -0.4 is 58.2 Å². The van der Waals surface area contributed by atoms with E-state index in [0.717, 1.165) is 23.7 Å². The molecule has 0 heterocycles. The molecule has 0 saturated heterocycles. The molecule has 0 amide bonds. The quantitative estimate of drug-likeness (QED) is 0.716. The second-order valence-electron chi connectivity index (χ2n) is 7.75. The summed E-state index contributed by atoms with van der Waals surface area (Å²) in [5.41, 5.74) is 1.50. The summed E-state index contributed by atoms with van der Waals surface area (Å²) in [6.45, 7) is 2.44. The Labute approximate surface area is 186 Å². The molecule has 2 aliphatic carbocycles. The Morgan fingerprint density at radius 2 is 1.41 bits per heavy atom. The van der Waals surface area contributed by atoms with Crippen LogP contribution in [0.15, 0.2) is 24.3 Å². The third-order valence-corrected chi connectivity index (χ3v) is 6.25. The summed E-state index contributed by atoms with van der Waals surface area (Å²) in [5.74, 6) is 4.14. The standard InChI is InChI=1S/C21H31.Rb/c1-17-7-13-20(14-8-17)21-15-11-19(12-16-21)10-9-18-5-3-2-4-6-18;/h3-6,17,19-21H,7-16H2,1H3;/q-1;+1. The minimum atomic E-state index is 0. The van der Waals surface area contributed by atoms with Gasteiger partial charge in [-0.3, -0.25) is 0 Å². The van der Waals surface area contributed by atoms with Crippen LogP contribution >= 0.6 is 0 Å². The van der Waals surface area contributed by atoms with E-state index in [1.807, 2.05) is 0 Å². The van der Waals surface area contributed by atoms with Crippen molar-refractivity contribution in [3.63, 3.8) is 0 Å². The predicted molar refractivity (Wildman–Crippen MR) is 90.2 cm³/mol. The van der Waals surface area contributed by atoms with Gasteiger partial charge in [0.05, 0.1) is 0 Å². The zero-order chi connectivity index (χ0) is 14.5. The van der Waals surface area contributed by atoms with Crippen molar-refractivity contribution in [2.75, 3.05) is 0 Å². The van der Waals surface area contributed by atoms with E-state index < -0.39 is 0 Å². The first kappa shape index (κ1) is 19.4.